The first-order chi connectivity index (χ1) is 11.5. The zero-order valence-corrected chi connectivity index (χ0v) is 13.3. The van der Waals surface area contributed by atoms with E-state index < -0.39 is 0 Å². The highest BCUT2D eigenvalue weighted by Gasteiger charge is 2.14. The zero-order valence-electron chi connectivity index (χ0n) is 13.3. The third-order valence-electron chi connectivity index (χ3n) is 3.90. The molecule has 0 saturated carbocycles. The summed E-state index contributed by atoms with van der Waals surface area (Å²) in [4.78, 5) is 16.9. The molecule has 1 heterocycles. The van der Waals surface area contributed by atoms with Crippen LogP contribution in [0.3, 0.4) is 0 Å². The fraction of sp³-hybridized carbons (Fsp3) is 0.111. The van der Waals surface area contributed by atoms with E-state index in [0.29, 0.717) is 11.3 Å². The Morgan fingerprint density at radius 3 is 2.42 bits per heavy atom. The highest BCUT2D eigenvalue weighted by Crippen LogP contribution is 2.28. The Kier molecular flexibility index (Phi) is 3.95. The van der Waals surface area contributed by atoms with Crippen molar-refractivity contribution in [1.29, 1.82) is 0 Å². The summed E-state index contributed by atoms with van der Waals surface area (Å²) >= 11 is 0. The predicted molar refractivity (Wildman–Crippen MR) is 92.8 cm³/mol. The molecule has 0 unspecified atom stereocenters. The van der Waals surface area contributed by atoms with Crippen LogP contribution < -0.4 is 5.56 Å². The van der Waals surface area contributed by atoms with Crippen molar-refractivity contribution < 1.29 is 10.2 Å². The molecule has 0 radical (unpaired) electrons. The maximum absolute atomic E-state index is 12.7. The summed E-state index contributed by atoms with van der Waals surface area (Å²) < 4.78 is 3.35. The molecule has 3 rings (SSSR count). The molecule has 24 heavy (non-hydrogen) atoms. The van der Waals surface area contributed by atoms with Gasteiger partial charge in [-0.25, -0.2) is 4.68 Å². The summed E-state index contributed by atoms with van der Waals surface area (Å²) in [5, 5.41) is 18.8. The third-order valence-corrected chi connectivity index (χ3v) is 3.90. The van der Waals surface area contributed by atoms with Gasteiger partial charge in [0.25, 0.3) is 5.56 Å². The Balaban J connectivity index is 2.05. The molecule has 3 aromatic rings. The largest absolute Gasteiger partial charge is 0.504 e. The molecule has 1 aromatic heterocycles. The van der Waals surface area contributed by atoms with Crippen LogP contribution in [0, 0.1) is 6.92 Å². The average molecular weight is 323 g/mol. The van der Waals surface area contributed by atoms with Gasteiger partial charge in [0, 0.05) is 25.0 Å². The maximum atomic E-state index is 12.7. The van der Waals surface area contributed by atoms with Gasteiger partial charge in [0.1, 0.15) is 0 Å². The van der Waals surface area contributed by atoms with E-state index in [4.69, 9.17) is 0 Å². The van der Waals surface area contributed by atoms with Crippen molar-refractivity contribution >= 4 is 11.9 Å². The fourth-order valence-corrected chi connectivity index (χ4v) is 2.47. The Morgan fingerprint density at radius 1 is 1.04 bits per heavy atom. The second kappa shape index (κ2) is 6.08. The fourth-order valence-electron chi connectivity index (χ4n) is 2.47. The van der Waals surface area contributed by atoms with Crippen LogP contribution in [0.4, 0.5) is 5.69 Å². The lowest BCUT2D eigenvalue weighted by atomic mass is 10.2. The molecular formula is C18H17N3O3. The van der Waals surface area contributed by atoms with E-state index in [1.807, 2.05) is 44.3 Å². The number of para-hydroxylation sites is 1. The normalized spacial score (nSPS) is 11.2. The molecule has 6 nitrogen and oxygen atoms in total. The zero-order chi connectivity index (χ0) is 17.3. The van der Waals surface area contributed by atoms with Crippen LogP contribution in [0.15, 0.2) is 58.3 Å². The second-order valence-electron chi connectivity index (χ2n) is 5.41. The summed E-state index contributed by atoms with van der Waals surface area (Å²) in [6.07, 6.45) is 1.48. The summed E-state index contributed by atoms with van der Waals surface area (Å²) in [6, 6.07) is 13.6. The van der Waals surface area contributed by atoms with E-state index >= 15 is 0 Å². The standard InChI is InChI=1S/C18H17N3O3/c1-12-15(11-19-13-8-9-16(22)17(23)10-13)18(24)21(20(12)2)14-6-4-3-5-7-14/h3-11,22-23H,1-2H3. The van der Waals surface area contributed by atoms with E-state index in [1.54, 1.807) is 15.4 Å². The van der Waals surface area contributed by atoms with Crippen LogP contribution in [0.5, 0.6) is 11.5 Å². The minimum atomic E-state index is -0.254. The number of hydrogen-bond donors (Lipinski definition) is 2. The second-order valence-corrected chi connectivity index (χ2v) is 5.41. The van der Waals surface area contributed by atoms with E-state index in [9.17, 15) is 15.0 Å². The highest BCUT2D eigenvalue weighted by atomic mass is 16.3. The molecule has 0 aliphatic carbocycles. The smallest absolute Gasteiger partial charge is 0.280 e. The van der Waals surface area contributed by atoms with Gasteiger partial charge in [0.15, 0.2) is 11.5 Å². The molecule has 0 amide bonds. The van der Waals surface area contributed by atoms with Crippen molar-refractivity contribution in [2.75, 3.05) is 0 Å². The van der Waals surface area contributed by atoms with E-state index in [1.165, 1.54) is 18.3 Å². The predicted octanol–water partition coefficient (Wildman–Crippen LogP) is 2.65. The van der Waals surface area contributed by atoms with Crippen LogP contribution in [-0.2, 0) is 7.05 Å². The maximum Gasteiger partial charge on any atom is 0.280 e. The van der Waals surface area contributed by atoms with Gasteiger partial charge in [-0.3, -0.25) is 14.5 Å². The molecule has 0 atom stereocenters. The van der Waals surface area contributed by atoms with Gasteiger partial charge in [-0.2, -0.15) is 0 Å². The molecule has 0 spiro atoms. The number of aromatic nitrogens is 2. The molecule has 122 valence electrons. The number of phenols is 2. The van der Waals surface area contributed by atoms with Crippen molar-refractivity contribution in [3.63, 3.8) is 0 Å². The number of nitrogens with zero attached hydrogens (tertiary/aromatic N) is 3. The molecule has 0 saturated heterocycles. The molecule has 0 fully saturated rings. The van der Waals surface area contributed by atoms with Crippen LogP contribution in [0.2, 0.25) is 0 Å². The molecule has 2 N–H and O–H groups in total. The number of hydrogen-bond acceptors (Lipinski definition) is 4. The SMILES string of the molecule is Cc1c(C=Nc2ccc(O)c(O)c2)c(=O)n(-c2ccccc2)n1C. The monoisotopic (exact) mass is 323 g/mol. The van der Waals surface area contributed by atoms with E-state index in [0.717, 1.165) is 11.4 Å². The number of aliphatic imine (C=N–C) groups is 1. The quantitative estimate of drug-likeness (QED) is 0.574. The number of phenolic OH excluding ortho intramolecular Hbond substituents is 2. The third kappa shape index (κ3) is 2.69. The van der Waals surface area contributed by atoms with Gasteiger partial charge in [-0.1, -0.05) is 18.2 Å². The minimum Gasteiger partial charge on any atom is -0.504 e. The summed E-state index contributed by atoms with van der Waals surface area (Å²) in [7, 11) is 1.81. The molecule has 0 aliphatic heterocycles. The summed E-state index contributed by atoms with van der Waals surface area (Å²) in [5.41, 5.74) is 2.28. The molecule has 0 bridgehead atoms. The van der Waals surface area contributed by atoms with Gasteiger partial charge in [0.2, 0.25) is 0 Å². The summed E-state index contributed by atoms with van der Waals surface area (Å²) in [6.45, 7) is 1.84. The molecular weight excluding hydrogens is 306 g/mol. The lowest BCUT2D eigenvalue weighted by Gasteiger charge is -2.07. The van der Waals surface area contributed by atoms with Crippen molar-refractivity contribution in [3.8, 4) is 17.2 Å². The van der Waals surface area contributed by atoms with Crippen molar-refractivity contribution in [1.82, 2.24) is 9.36 Å². The first kappa shape index (κ1) is 15.6. The Bertz CT molecular complexity index is 969. The summed E-state index contributed by atoms with van der Waals surface area (Å²) in [5.74, 6) is -0.465. The topological polar surface area (TPSA) is 79.8 Å². The van der Waals surface area contributed by atoms with Crippen molar-refractivity contribution in [2.45, 2.75) is 6.92 Å². The average Bonchev–Trinajstić information content (AvgIpc) is 2.79. The van der Waals surface area contributed by atoms with Crippen molar-refractivity contribution in [2.24, 2.45) is 12.0 Å². The first-order valence-corrected chi connectivity index (χ1v) is 7.39. The van der Waals surface area contributed by atoms with Crippen LogP contribution in [0.1, 0.15) is 11.3 Å². The van der Waals surface area contributed by atoms with Gasteiger partial charge < -0.3 is 10.2 Å². The number of rotatable bonds is 3. The lowest BCUT2D eigenvalue weighted by Crippen LogP contribution is -2.20. The van der Waals surface area contributed by atoms with Crippen molar-refractivity contribution in [3.05, 3.63) is 70.1 Å². The Morgan fingerprint density at radius 2 is 1.75 bits per heavy atom. The van der Waals surface area contributed by atoms with Crippen LogP contribution >= 0.6 is 0 Å². The Labute approximate surface area is 138 Å². The molecule has 0 aliphatic rings. The molecule has 6 heteroatoms. The minimum absolute atomic E-state index is 0.173. The van der Waals surface area contributed by atoms with Crippen LogP contribution in [0.25, 0.3) is 5.69 Å². The Hall–Kier alpha value is -3.28. The van der Waals surface area contributed by atoms with Crippen LogP contribution in [-0.4, -0.2) is 25.8 Å². The molecule has 2 aromatic carbocycles. The van der Waals surface area contributed by atoms with Gasteiger partial charge >= 0.3 is 0 Å². The van der Waals surface area contributed by atoms with Gasteiger partial charge in [0.05, 0.1) is 16.9 Å². The van der Waals surface area contributed by atoms with Gasteiger partial charge in [-0.05, 0) is 31.2 Å². The van der Waals surface area contributed by atoms with Gasteiger partial charge in [-0.15, -0.1) is 0 Å². The number of benzene rings is 2. The van der Waals surface area contributed by atoms with E-state index in [-0.39, 0.29) is 17.1 Å². The number of aromatic hydroxyl groups is 2. The highest BCUT2D eigenvalue weighted by molar-refractivity contribution is 5.83. The first-order valence-electron chi connectivity index (χ1n) is 7.39. The lowest BCUT2D eigenvalue weighted by molar-refractivity contribution is 0.404. The van der Waals surface area contributed by atoms with E-state index in [2.05, 4.69) is 4.99 Å².